The molecule has 0 aliphatic rings. The molecule has 0 amide bonds. The fourth-order valence-electron chi connectivity index (χ4n) is 1.40. The highest BCUT2D eigenvalue weighted by molar-refractivity contribution is 5.54. The number of nitrogens with two attached hydrogens (primary N) is 1. The van der Waals surface area contributed by atoms with Crippen LogP contribution in [0.4, 0.5) is 0 Å². The van der Waals surface area contributed by atoms with E-state index in [4.69, 9.17) is 5.73 Å². The largest absolute Gasteiger partial charge is 0.330 e. The van der Waals surface area contributed by atoms with Gasteiger partial charge in [0, 0.05) is 31.5 Å². The van der Waals surface area contributed by atoms with Crippen molar-refractivity contribution in [3.8, 4) is 11.4 Å². The maximum atomic E-state index is 5.57. The molecule has 2 heterocycles. The summed E-state index contributed by atoms with van der Waals surface area (Å²) in [5, 5.41) is 0. The molecular weight excluding hydrogens is 176 g/mol. The minimum atomic E-state index is 0.509. The van der Waals surface area contributed by atoms with Crippen molar-refractivity contribution in [2.75, 3.05) is 0 Å². The van der Waals surface area contributed by atoms with Gasteiger partial charge in [-0.2, -0.15) is 0 Å². The molecule has 0 aromatic carbocycles. The zero-order valence-corrected chi connectivity index (χ0v) is 8.01. The van der Waals surface area contributed by atoms with E-state index in [0.717, 1.165) is 17.1 Å². The summed E-state index contributed by atoms with van der Waals surface area (Å²) in [5.41, 5.74) is 7.65. The van der Waals surface area contributed by atoms with E-state index in [1.54, 1.807) is 18.6 Å². The van der Waals surface area contributed by atoms with E-state index in [1.807, 2.05) is 23.7 Å². The SMILES string of the molecule is Cn1c(CN)cnc1-c1ccncc1. The molecule has 0 aliphatic heterocycles. The molecule has 0 saturated heterocycles. The van der Waals surface area contributed by atoms with Gasteiger partial charge in [-0.3, -0.25) is 4.98 Å². The first-order chi connectivity index (χ1) is 6.83. The second kappa shape index (κ2) is 3.59. The molecule has 0 bridgehead atoms. The molecule has 2 aromatic rings. The van der Waals surface area contributed by atoms with Crippen molar-refractivity contribution in [2.45, 2.75) is 6.54 Å². The molecule has 0 radical (unpaired) electrons. The monoisotopic (exact) mass is 188 g/mol. The molecule has 4 heteroatoms. The third-order valence-electron chi connectivity index (χ3n) is 2.23. The molecule has 2 aromatic heterocycles. The summed E-state index contributed by atoms with van der Waals surface area (Å²) in [6, 6.07) is 3.87. The first kappa shape index (κ1) is 8.90. The topological polar surface area (TPSA) is 56.7 Å². The summed E-state index contributed by atoms with van der Waals surface area (Å²) in [7, 11) is 1.96. The van der Waals surface area contributed by atoms with Gasteiger partial charge in [-0.05, 0) is 12.1 Å². The highest BCUT2D eigenvalue weighted by Gasteiger charge is 2.06. The molecule has 2 N–H and O–H groups in total. The van der Waals surface area contributed by atoms with Crippen LogP contribution in [0.1, 0.15) is 5.69 Å². The summed E-state index contributed by atoms with van der Waals surface area (Å²) >= 11 is 0. The van der Waals surface area contributed by atoms with Crippen LogP contribution in [-0.4, -0.2) is 14.5 Å². The Kier molecular flexibility index (Phi) is 2.28. The molecule has 2 rings (SSSR count). The Morgan fingerprint density at radius 1 is 1.36 bits per heavy atom. The van der Waals surface area contributed by atoms with Crippen molar-refractivity contribution in [1.82, 2.24) is 14.5 Å². The lowest BCUT2D eigenvalue weighted by Crippen LogP contribution is -2.04. The highest BCUT2D eigenvalue weighted by atomic mass is 15.1. The quantitative estimate of drug-likeness (QED) is 0.763. The van der Waals surface area contributed by atoms with Gasteiger partial charge in [-0.25, -0.2) is 4.98 Å². The van der Waals surface area contributed by atoms with Crippen LogP contribution in [0.5, 0.6) is 0 Å². The maximum absolute atomic E-state index is 5.57. The summed E-state index contributed by atoms with van der Waals surface area (Å²) in [4.78, 5) is 8.28. The summed E-state index contributed by atoms with van der Waals surface area (Å²) in [5.74, 6) is 0.924. The summed E-state index contributed by atoms with van der Waals surface area (Å²) in [6.07, 6.45) is 5.31. The third kappa shape index (κ3) is 1.40. The smallest absolute Gasteiger partial charge is 0.139 e. The van der Waals surface area contributed by atoms with Crippen LogP contribution >= 0.6 is 0 Å². The number of pyridine rings is 1. The molecule has 0 unspecified atom stereocenters. The Hall–Kier alpha value is -1.68. The molecule has 0 aliphatic carbocycles. The van der Waals surface area contributed by atoms with E-state index in [9.17, 15) is 0 Å². The van der Waals surface area contributed by atoms with Crippen molar-refractivity contribution >= 4 is 0 Å². The lowest BCUT2D eigenvalue weighted by atomic mass is 10.2. The van der Waals surface area contributed by atoms with Crippen LogP contribution < -0.4 is 5.73 Å². The lowest BCUT2D eigenvalue weighted by molar-refractivity contribution is 0.828. The zero-order chi connectivity index (χ0) is 9.97. The van der Waals surface area contributed by atoms with Crippen LogP contribution in [0.3, 0.4) is 0 Å². The average molecular weight is 188 g/mol. The van der Waals surface area contributed by atoms with Crippen LogP contribution in [0.25, 0.3) is 11.4 Å². The van der Waals surface area contributed by atoms with Crippen molar-refractivity contribution in [2.24, 2.45) is 12.8 Å². The zero-order valence-electron chi connectivity index (χ0n) is 8.01. The van der Waals surface area contributed by atoms with Crippen molar-refractivity contribution in [3.63, 3.8) is 0 Å². The minimum Gasteiger partial charge on any atom is -0.330 e. The van der Waals surface area contributed by atoms with E-state index in [0.29, 0.717) is 6.54 Å². The van der Waals surface area contributed by atoms with Gasteiger partial charge in [0.25, 0.3) is 0 Å². The molecule has 72 valence electrons. The number of imidazole rings is 1. The van der Waals surface area contributed by atoms with E-state index in [-0.39, 0.29) is 0 Å². The second-order valence-corrected chi connectivity index (χ2v) is 3.07. The van der Waals surface area contributed by atoms with Crippen LogP contribution in [0, 0.1) is 0 Å². The molecule has 14 heavy (non-hydrogen) atoms. The van der Waals surface area contributed by atoms with E-state index in [2.05, 4.69) is 9.97 Å². The minimum absolute atomic E-state index is 0.509. The molecular formula is C10H12N4. The van der Waals surface area contributed by atoms with E-state index in [1.165, 1.54) is 0 Å². The first-order valence-corrected chi connectivity index (χ1v) is 4.44. The normalized spacial score (nSPS) is 10.4. The Balaban J connectivity index is 2.48. The summed E-state index contributed by atoms with van der Waals surface area (Å²) < 4.78 is 2.00. The fraction of sp³-hybridized carbons (Fsp3) is 0.200. The molecule has 4 nitrogen and oxygen atoms in total. The van der Waals surface area contributed by atoms with E-state index >= 15 is 0 Å². The number of rotatable bonds is 2. The highest BCUT2D eigenvalue weighted by Crippen LogP contribution is 2.16. The van der Waals surface area contributed by atoms with Gasteiger partial charge in [0.15, 0.2) is 0 Å². The number of nitrogens with zero attached hydrogens (tertiary/aromatic N) is 3. The van der Waals surface area contributed by atoms with Gasteiger partial charge in [0.2, 0.25) is 0 Å². The van der Waals surface area contributed by atoms with Gasteiger partial charge in [-0.1, -0.05) is 0 Å². The van der Waals surface area contributed by atoms with Gasteiger partial charge in [0.1, 0.15) is 5.82 Å². The Labute approximate surface area is 82.4 Å². The first-order valence-electron chi connectivity index (χ1n) is 4.44. The molecule has 0 spiro atoms. The fourth-order valence-corrected chi connectivity index (χ4v) is 1.40. The van der Waals surface area contributed by atoms with Crippen LogP contribution in [-0.2, 0) is 13.6 Å². The standard InChI is InChI=1S/C10H12N4/c1-14-9(6-11)7-13-10(14)8-2-4-12-5-3-8/h2-5,7H,6,11H2,1H3. The Bertz CT molecular complexity index is 419. The average Bonchev–Trinajstić information content (AvgIpc) is 2.61. The van der Waals surface area contributed by atoms with Crippen LogP contribution in [0.15, 0.2) is 30.7 Å². The van der Waals surface area contributed by atoms with Crippen LogP contribution in [0.2, 0.25) is 0 Å². The molecule has 0 fully saturated rings. The predicted octanol–water partition coefficient (Wildman–Crippen LogP) is 0.941. The van der Waals surface area contributed by atoms with Crippen molar-refractivity contribution < 1.29 is 0 Å². The summed E-state index contributed by atoms with van der Waals surface area (Å²) in [6.45, 7) is 0.509. The number of hydrogen-bond donors (Lipinski definition) is 1. The van der Waals surface area contributed by atoms with Gasteiger partial charge < -0.3 is 10.3 Å². The Morgan fingerprint density at radius 2 is 2.07 bits per heavy atom. The molecule has 0 atom stereocenters. The lowest BCUT2D eigenvalue weighted by Gasteiger charge is -2.03. The number of hydrogen-bond acceptors (Lipinski definition) is 3. The van der Waals surface area contributed by atoms with Gasteiger partial charge in [-0.15, -0.1) is 0 Å². The molecule has 0 saturated carbocycles. The van der Waals surface area contributed by atoms with Gasteiger partial charge >= 0.3 is 0 Å². The maximum Gasteiger partial charge on any atom is 0.139 e. The van der Waals surface area contributed by atoms with Gasteiger partial charge in [0.05, 0.1) is 11.9 Å². The van der Waals surface area contributed by atoms with E-state index < -0.39 is 0 Å². The number of aromatic nitrogens is 3. The third-order valence-corrected chi connectivity index (χ3v) is 2.23. The van der Waals surface area contributed by atoms with Crippen molar-refractivity contribution in [1.29, 1.82) is 0 Å². The predicted molar refractivity (Wildman–Crippen MR) is 54.3 cm³/mol. The Morgan fingerprint density at radius 3 is 2.64 bits per heavy atom. The second-order valence-electron chi connectivity index (χ2n) is 3.07. The van der Waals surface area contributed by atoms with Crippen molar-refractivity contribution in [3.05, 3.63) is 36.4 Å².